The maximum Gasteiger partial charge on any atom is 0.270 e. The normalized spacial score (nSPS) is 20.8. The summed E-state index contributed by atoms with van der Waals surface area (Å²) >= 11 is 0. The number of H-pyrrole nitrogens is 1. The predicted molar refractivity (Wildman–Crippen MR) is 97.5 cm³/mol. The molecule has 1 unspecified atom stereocenters. The van der Waals surface area contributed by atoms with Crippen LogP contribution in [0.5, 0.6) is 0 Å². The summed E-state index contributed by atoms with van der Waals surface area (Å²) in [5, 5.41) is 5.44. The van der Waals surface area contributed by atoms with Crippen LogP contribution >= 0.6 is 0 Å². The van der Waals surface area contributed by atoms with Gasteiger partial charge in [0.25, 0.3) is 5.56 Å². The second kappa shape index (κ2) is 5.57. The standard InChI is InChI=1S/C18H19N5O4/c1-9(2)23-15-14(16(26)21-23)18(7-13(25)20-15)10-5-3-4-6-11(10)22(17(18)27)8-12(19)24/h3-6,9H,7-8H2,1-2H3,(H2,19,24)(H,20,25)(H,21,26). The van der Waals surface area contributed by atoms with Crippen molar-refractivity contribution >= 4 is 29.2 Å². The van der Waals surface area contributed by atoms with Crippen molar-refractivity contribution in [2.24, 2.45) is 5.73 Å². The van der Waals surface area contributed by atoms with Crippen LogP contribution in [0.1, 0.15) is 37.4 Å². The number of amides is 3. The number of anilines is 2. The number of nitrogens with two attached hydrogens (primary N) is 1. The highest BCUT2D eigenvalue weighted by molar-refractivity contribution is 6.17. The largest absolute Gasteiger partial charge is 0.368 e. The van der Waals surface area contributed by atoms with E-state index in [0.29, 0.717) is 11.3 Å². The molecule has 1 atom stereocenters. The molecule has 140 valence electrons. The van der Waals surface area contributed by atoms with Gasteiger partial charge >= 0.3 is 0 Å². The van der Waals surface area contributed by atoms with Crippen LogP contribution < -0.4 is 21.5 Å². The fraction of sp³-hybridized carbons (Fsp3) is 0.333. The molecule has 9 heteroatoms. The van der Waals surface area contributed by atoms with Crippen LogP contribution in [0.4, 0.5) is 11.5 Å². The summed E-state index contributed by atoms with van der Waals surface area (Å²) in [7, 11) is 0. The number of nitrogens with zero attached hydrogens (tertiary/aromatic N) is 2. The van der Waals surface area contributed by atoms with Gasteiger partial charge in [0.15, 0.2) is 0 Å². The number of aromatic amines is 1. The van der Waals surface area contributed by atoms with Crippen LogP contribution in [0.25, 0.3) is 0 Å². The van der Waals surface area contributed by atoms with Crippen LogP contribution in [0.15, 0.2) is 29.1 Å². The zero-order chi connectivity index (χ0) is 19.5. The molecule has 9 nitrogen and oxygen atoms in total. The van der Waals surface area contributed by atoms with Gasteiger partial charge in [0.2, 0.25) is 17.7 Å². The van der Waals surface area contributed by atoms with Crippen molar-refractivity contribution in [3.63, 3.8) is 0 Å². The molecule has 0 saturated carbocycles. The number of para-hydroxylation sites is 1. The topological polar surface area (TPSA) is 130 Å². The molecule has 0 fully saturated rings. The molecule has 4 rings (SSSR count). The van der Waals surface area contributed by atoms with Gasteiger partial charge in [-0.2, -0.15) is 0 Å². The van der Waals surface area contributed by atoms with Gasteiger partial charge in [-0.15, -0.1) is 0 Å². The molecule has 3 amide bonds. The lowest BCUT2D eigenvalue weighted by Crippen LogP contribution is -2.50. The number of hydrogen-bond donors (Lipinski definition) is 3. The number of hydrogen-bond acceptors (Lipinski definition) is 4. The minimum absolute atomic E-state index is 0.134. The molecule has 27 heavy (non-hydrogen) atoms. The molecule has 0 bridgehead atoms. The fourth-order valence-corrected chi connectivity index (χ4v) is 4.11. The Labute approximate surface area is 154 Å². The van der Waals surface area contributed by atoms with E-state index >= 15 is 0 Å². The Morgan fingerprint density at radius 3 is 2.63 bits per heavy atom. The van der Waals surface area contributed by atoms with E-state index in [1.807, 2.05) is 13.8 Å². The highest BCUT2D eigenvalue weighted by Gasteiger charge is 2.58. The van der Waals surface area contributed by atoms with Crippen LogP contribution in [0.3, 0.4) is 0 Å². The molecule has 2 aliphatic rings. The van der Waals surface area contributed by atoms with E-state index in [4.69, 9.17) is 5.73 Å². The van der Waals surface area contributed by atoms with Crippen molar-refractivity contribution in [2.75, 3.05) is 16.8 Å². The number of nitrogens with one attached hydrogen (secondary N) is 2. The number of benzene rings is 1. The highest BCUT2D eigenvalue weighted by Crippen LogP contribution is 2.51. The van der Waals surface area contributed by atoms with Crippen LogP contribution in [0.2, 0.25) is 0 Å². The second-order valence-electron chi connectivity index (χ2n) is 7.13. The Morgan fingerprint density at radius 1 is 1.26 bits per heavy atom. The number of rotatable bonds is 3. The van der Waals surface area contributed by atoms with Gasteiger partial charge in [-0.3, -0.25) is 29.0 Å². The molecule has 0 aliphatic carbocycles. The van der Waals surface area contributed by atoms with Crippen LogP contribution in [-0.4, -0.2) is 34.0 Å². The smallest absolute Gasteiger partial charge is 0.270 e. The third-order valence-corrected chi connectivity index (χ3v) is 5.13. The molecule has 2 aromatic rings. The first-order chi connectivity index (χ1) is 12.8. The Hall–Kier alpha value is -3.36. The maximum atomic E-state index is 13.5. The van der Waals surface area contributed by atoms with Gasteiger partial charge in [0, 0.05) is 11.7 Å². The lowest BCUT2D eigenvalue weighted by Gasteiger charge is -2.32. The maximum absolute atomic E-state index is 13.5. The summed E-state index contributed by atoms with van der Waals surface area (Å²) < 4.78 is 1.54. The molecule has 4 N–H and O–H groups in total. The lowest BCUT2D eigenvalue weighted by molar-refractivity contribution is -0.127. The number of primary amides is 1. The third kappa shape index (κ3) is 2.17. The molecule has 1 aromatic carbocycles. The molecular weight excluding hydrogens is 350 g/mol. The molecule has 2 aliphatic heterocycles. The van der Waals surface area contributed by atoms with Crippen molar-refractivity contribution in [1.82, 2.24) is 9.78 Å². The third-order valence-electron chi connectivity index (χ3n) is 5.13. The molecule has 0 saturated heterocycles. The first-order valence-corrected chi connectivity index (χ1v) is 8.62. The quantitative estimate of drug-likeness (QED) is 0.714. The summed E-state index contributed by atoms with van der Waals surface area (Å²) in [6.07, 6.45) is -0.212. The number of aromatic nitrogens is 2. The molecular formula is C18H19N5O4. The van der Waals surface area contributed by atoms with Crippen molar-refractivity contribution in [3.05, 3.63) is 45.7 Å². The minimum Gasteiger partial charge on any atom is -0.368 e. The molecule has 0 radical (unpaired) electrons. The van der Waals surface area contributed by atoms with E-state index in [1.165, 1.54) is 4.90 Å². The van der Waals surface area contributed by atoms with E-state index in [9.17, 15) is 19.2 Å². The molecule has 1 spiro atoms. The van der Waals surface area contributed by atoms with E-state index in [1.54, 1.807) is 28.9 Å². The summed E-state index contributed by atoms with van der Waals surface area (Å²) in [5.41, 5.74) is 4.61. The number of fused-ring (bicyclic) bond motifs is 4. The number of carbonyl (C=O) groups excluding carboxylic acids is 3. The first-order valence-electron chi connectivity index (χ1n) is 8.62. The SMILES string of the molecule is CC(C)n1[nH]c(=O)c2c1NC(=O)CC21C(=O)N(CC(N)=O)c2ccccc21. The minimum atomic E-state index is -1.47. The van der Waals surface area contributed by atoms with Gasteiger partial charge in [-0.05, 0) is 25.5 Å². The Morgan fingerprint density at radius 2 is 1.96 bits per heavy atom. The van der Waals surface area contributed by atoms with Gasteiger partial charge < -0.3 is 16.0 Å². The van der Waals surface area contributed by atoms with Crippen molar-refractivity contribution in [2.45, 2.75) is 31.7 Å². The van der Waals surface area contributed by atoms with Crippen LogP contribution in [0, 0.1) is 0 Å². The van der Waals surface area contributed by atoms with Crippen molar-refractivity contribution in [1.29, 1.82) is 0 Å². The highest BCUT2D eigenvalue weighted by atomic mass is 16.2. The number of carbonyl (C=O) groups is 3. The van der Waals surface area contributed by atoms with Gasteiger partial charge in [-0.25, -0.2) is 0 Å². The average Bonchev–Trinajstić information content (AvgIpc) is 3.04. The summed E-state index contributed by atoms with van der Waals surface area (Å²) in [6.45, 7) is 3.39. The van der Waals surface area contributed by atoms with E-state index < -0.39 is 22.8 Å². The van der Waals surface area contributed by atoms with E-state index in [0.717, 1.165) is 0 Å². The van der Waals surface area contributed by atoms with E-state index in [-0.39, 0.29) is 36.3 Å². The lowest BCUT2D eigenvalue weighted by atomic mass is 9.71. The average molecular weight is 369 g/mol. The summed E-state index contributed by atoms with van der Waals surface area (Å²) in [4.78, 5) is 51.7. The predicted octanol–water partition coefficient (Wildman–Crippen LogP) is 0.218. The second-order valence-corrected chi connectivity index (χ2v) is 7.13. The monoisotopic (exact) mass is 369 g/mol. The van der Waals surface area contributed by atoms with Gasteiger partial charge in [0.05, 0.1) is 12.0 Å². The van der Waals surface area contributed by atoms with Gasteiger partial charge in [-0.1, -0.05) is 18.2 Å². The first kappa shape index (κ1) is 17.1. The Kier molecular flexibility index (Phi) is 3.52. The fourth-order valence-electron chi connectivity index (χ4n) is 4.11. The Bertz CT molecular complexity index is 1050. The van der Waals surface area contributed by atoms with Crippen LogP contribution in [-0.2, 0) is 19.8 Å². The molecule has 1 aromatic heterocycles. The zero-order valence-electron chi connectivity index (χ0n) is 14.9. The van der Waals surface area contributed by atoms with Gasteiger partial charge in [0.1, 0.15) is 17.8 Å². The summed E-state index contributed by atoms with van der Waals surface area (Å²) in [5.74, 6) is -1.26. The Balaban J connectivity index is 2.05. The van der Waals surface area contributed by atoms with Crippen molar-refractivity contribution < 1.29 is 14.4 Å². The zero-order valence-corrected chi connectivity index (χ0v) is 14.9. The van der Waals surface area contributed by atoms with Crippen molar-refractivity contribution in [3.8, 4) is 0 Å². The summed E-state index contributed by atoms with van der Waals surface area (Å²) in [6, 6.07) is 6.73. The molecule has 3 heterocycles. The van der Waals surface area contributed by atoms with E-state index in [2.05, 4.69) is 10.4 Å².